The highest BCUT2D eigenvalue weighted by molar-refractivity contribution is 5.95. The molecular formula is C11H7F3O4. The Morgan fingerprint density at radius 2 is 1.89 bits per heavy atom. The van der Waals surface area contributed by atoms with Gasteiger partial charge in [-0.15, -0.1) is 0 Å². The minimum atomic E-state index is -5.26. The van der Waals surface area contributed by atoms with Crippen LogP contribution in [0.4, 0.5) is 13.2 Å². The van der Waals surface area contributed by atoms with E-state index < -0.39 is 23.5 Å². The monoisotopic (exact) mass is 260 g/mol. The number of hydrogen-bond donors (Lipinski definition) is 2. The Balaban J connectivity index is 2.63. The summed E-state index contributed by atoms with van der Waals surface area (Å²) >= 11 is 0. The fourth-order valence-electron chi connectivity index (χ4n) is 1.58. The number of benzene rings is 1. The second-order valence-electron chi connectivity index (χ2n) is 3.64. The Labute approximate surface area is 98.9 Å². The first-order valence-corrected chi connectivity index (χ1v) is 4.78. The lowest BCUT2D eigenvalue weighted by atomic mass is 9.98. The standard InChI is InChI=1S/C11H7F3O4/c12-11(13,14)10(17)7(9(15)16)5-6-3-1-2-4-8(6)18-10/h1-5,17H,(H,15,16). The highest BCUT2D eigenvalue weighted by Gasteiger charge is 2.62. The van der Waals surface area contributed by atoms with E-state index in [-0.39, 0.29) is 11.3 Å². The molecule has 96 valence electrons. The Morgan fingerprint density at radius 1 is 1.28 bits per heavy atom. The molecule has 18 heavy (non-hydrogen) atoms. The van der Waals surface area contributed by atoms with Crippen molar-refractivity contribution < 1.29 is 32.9 Å². The molecule has 2 N–H and O–H groups in total. The molecule has 4 nitrogen and oxygen atoms in total. The number of halogens is 3. The van der Waals surface area contributed by atoms with Crippen molar-refractivity contribution in [3.63, 3.8) is 0 Å². The van der Waals surface area contributed by atoms with E-state index in [1.54, 1.807) is 0 Å². The van der Waals surface area contributed by atoms with Gasteiger partial charge < -0.3 is 14.9 Å². The first kappa shape index (κ1) is 12.4. The van der Waals surface area contributed by atoms with Crippen LogP contribution in [0.2, 0.25) is 0 Å². The fraction of sp³-hybridized carbons (Fsp3) is 0.182. The highest BCUT2D eigenvalue weighted by atomic mass is 19.4. The zero-order valence-electron chi connectivity index (χ0n) is 8.73. The van der Waals surface area contributed by atoms with Crippen LogP contribution in [0.25, 0.3) is 6.08 Å². The minimum Gasteiger partial charge on any atom is -0.478 e. The lowest BCUT2D eigenvalue weighted by Crippen LogP contribution is -2.54. The molecule has 1 unspecified atom stereocenters. The van der Waals surface area contributed by atoms with Crippen LogP contribution in [0.3, 0.4) is 0 Å². The van der Waals surface area contributed by atoms with Crippen LogP contribution >= 0.6 is 0 Å². The van der Waals surface area contributed by atoms with Gasteiger partial charge in [0, 0.05) is 5.56 Å². The number of alkyl halides is 3. The van der Waals surface area contributed by atoms with Gasteiger partial charge in [-0.1, -0.05) is 18.2 Å². The number of fused-ring (bicyclic) bond motifs is 1. The maximum Gasteiger partial charge on any atom is 0.460 e. The van der Waals surface area contributed by atoms with E-state index in [0.717, 1.165) is 6.08 Å². The Kier molecular flexibility index (Phi) is 2.58. The average molecular weight is 260 g/mol. The number of carbonyl (C=O) groups is 1. The topological polar surface area (TPSA) is 66.8 Å². The molecule has 1 atom stereocenters. The first-order valence-electron chi connectivity index (χ1n) is 4.78. The number of aliphatic carboxylic acids is 1. The summed E-state index contributed by atoms with van der Waals surface area (Å²) in [4.78, 5) is 10.8. The van der Waals surface area contributed by atoms with Crippen molar-refractivity contribution in [2.45, 2.75) is 12.0 Å². The molecule has 0 spiro atoms. The number of rotatable bonds is 1. The molecular weight excluding hydrogens is 253 g/mol. The van der Waals surface area contributed by atoms with E-state index in [1.807, 2.05) is 0 Å². The highest BCUT2D eigenvalue weighted by Crippen LogP contribution is 2.43. The number of carboxylic acid groups (broad SMARTS) is 1. The van der Waals surface area contributed by atoms with Crippen molar-refractivity contribution in [1.82, 2.24) is 0 Å². The zero-order chi connectivity index (χ0) is 13.6. The van der Waals surface area contributed by atoms with Crippen LogP contribution in [0.5, 0.6) is 5.75 Å². The van der Waals surface area contributed by atoms with E-state index in [0.29, 0.717) is 0 Å². The summed E-state index contributed by atoms with van der Waals surface area (Å²) in [5.41, 5.74) is -1.11. The summed E-state index contributed by atoms with van der Waals surface area (Å²) in [6, 6.07) is 5.51. The van der Waals surface area contributed by atoms with Crippen LogP contribution in [0.15, 0.2) is 29.8 Å². The number of aliphatic hydroxyl groups is 1. The Bertz CT molecular complexity index is 535. The molecule has 0 saturated heterocycles. The Morgan fingerprint density at radius 3 is 2.44 bits per heavy atom. The van der Waals surface area contributed by atoms with Crippen LogP contribution in [0.1, 0.15) is 5.56 Å². The maximum absolute atomic E-state index is 12.8. The third kappa shape index (κ3) is 1.72. The van der Waals surface area contributed by atoms with Crippen molar-refractivity contribution >= 4 is 12.0 Å². The third-order valence-electron chi connectivity index (χ3n) is 2.46. The van der Waals surface area contributed by atoms with Gasteiger partial charge in [0.05, 0.1) is 0 Å². The molecule has 1 aromatic carbocycles. The normalized spacial score (nSPS) is 22.8. The smallest absolute Gasteiger partial charge is 0.460 e. The molecule has 0 amide bonds. The molecule has 0 fully saturated rings. The maximum atomic E-state index is 12.8. The summed E-state index contributed by atoms with van der Waals surface area (Å²) < 4.78 is 42.7. The van der Waals surface area contributed by atoms with Crippen molar-refractivity contribution in [2.24, 2.45) is 0 Å². The van der Waals surface area contributed by atoms with Gasteiger partial charge >= 0.3 is 17.9 Å². The molecule has 7 heteroatoms. The predicted molar refractivity (Wildman–Crippen MR) is 53.7 cm³/mol. The molecule has 1 aliphatic heterocycles. The molecule has 1 aliphatic rings. The van der Waals surface area contributed by atoms with E-state index in [1.165, 1.54) is 24.3 Å². The van der Waals surface area contributed by atoms with Gasteiger partial charge in [0.15, 0.2) is 0 Å². The number of ether oxygens (including phenoxy) is 1. The van der Waals surface area contributed by atoms with Gasteiger partial charge in [-0.05, 0) is 12.1 Å². The molecule has 0 bridgehead atoms. The Hall–Kier alpha value is -2.02. The molecule has 0 saturated carbocycles. The van der Waals surface area contributed by atoms with Crippen LogP contribution in [0, 0.1) is 0 Å². The van der Waals surface area contributed by atoms with Crippen molar-refractivity contribution in [2.75, 3.05) is 0 Å². The van der Waals surface area contributed by atoms with E-state index in [9.17, 15) is 23.1 Å². The summed E-state index contributed by atoms with van der Waals surface area (Å²) in [5.74, 6) is -5.97. The van der Waals surface area contributed by atoms with Crippen molar-refractivity contribution in [3.05, 3.63) is 35.4 Å². The van der Waals surface area contributed by atoms with Gasteiger partial charge in [0.1, 0.15) is 11.3 Å². The summed E-state index contributed by atoms with van der Waals surface area (Å²) in [5, 5.41) is 18.2. The number of hydrogen-bond acceptors (Lipinski definition) is 3. The largest absolute Gasteiger partial charge is 0.478 e. The van der Waals surface area contributed by atoms with Gasteiger partial charge in [0.2, 0.25) is 0 Å². The summed E-state index contributed by atoms with van der Waals surface area (Å²) in [7, 11) is 0. The van der Waals surface area contributed by atoms with Gasteiger partial charge in [-0.25, -0.2) is 4.79 Å². The molecule has 0 radical (unpaired) electrons. The predicted octanol–water partition coefficient (Wildman–Crippen LogP) is 1.80. The third-order valence-corrected chi connectivity index (χ3v) is 2.46. The average Bonchev–Trinajstić information content (AvgIpc) is 2.26. The molecule has 2 rings (SSSR count). The van der Waals surface area contributed by atoms with Crippen molar-refractivity contribution in [1.29, 1.82) is 0 Å². The van der Waals surface area contributed by atoms with Crippen molar-refractivity contribution in [3.8, 4) is 5.75 Å². The number of para-hydroxylation sites is 1. The number of carboxylic acids is 1. The summed E-state index contributed by atoms with van der Waals surface area (Å²) in [6.07, 6.45) is -4.51. The van der Waals surface area contributed by atoms with E-state index in [2.05, 4.69) is 4.74 Å². The second kappa shape index (κ2) is 3.74. The zero-order valence-corrected chi connectivity index (χ0v) is 8.73. The van der Waals surface area contributed by atoms with Crippen LogP contribution in [-0.4, -0.2) is 28.1 Å². The van der Waals surface area contributed by atoms with E-state index in [4.69, 9.17) is 5.11 Å². The lowest BCUT2D eigenvalue weighted by Gasteiger charge is -2.34. The first-order chi connectivity index (χ1) is 8.25. The molecule has 1 aromatic rings. The van der Waals surface area contributed by atoms with E-state index >= 15 is 0 Å². The minimum absolute atomic E-state index is 0.156. The van der Waals surface area contributed by atoms with Gasteiger partial charge in [-0.3, -0.25) is 0 Å². The fourth-order valence-corrected chi connectivity index (χ4v) is 1.58. The molecule has 1 heterocycles. The lowest BCUT2D eigenvalue weighted by molar-refractivity contribution is -0.316. The quantitative estimate of drug-likeness (QED) is 0.808. The molecule has 0 aliphatic carbocycles. The second-order valence-corrected chi connectivity index (χ2v) is 3.64. The SMILES string of the molecule is O=C(O)C1=Cc2ccccc2OC1(O)C(F)(F)F. The van der Waals surface area contributed by atoms with Gasteiger partial charge in [0.25, 0.3) is 0 Å². The summed E-state index contributed by atoms with van der Waals surface area (Å²) in [6.45, 7) is 0. The van der Waals surface area contributed by atoms with Crippen LogP contribution < -0.4 is 4.74 Å². The van der Waals surface area contributed by atoms with Gasteiger partial charge in [-0.2, -0.15) is 13.2 Å². The molecule has 0 aromatic heterocycles. The van der Waals surface area contributed by atoms with Crippen LogP contribution in [-0.2, 0) is 4.79 Å².